The number of ether oxygens (including phenoxy) is 2. The lowest BCUT2D eigenvalue weighted by atomic mass is 9.89. The molecule has 3 aliphatic rings. The Labute approximate surface area is 179 Å². The van der Waals surface area contributed by atoms with E-state index in [1.165, 1.54) is 24.2 Å². The minimum Gasteiger partial charge on any atom is -0.496 e. The van der Waals surface area contributed by atoms with Crippen LogP contribution in [0.2, 0.25) is 0 Å². The number of benzene rings is 1. The van der Waals surface area contributed by atoms with Crippen molar-refractivity contribution >= 4 is 12.0 Å². The number of nitrogens with zero attached hydrogens (tertiary/aromatic N) is 3. The predicted octanol–water partition coefficient (Wildman–Crippen LogP) is 3.20. The predicted molar refractivity (Wildman–Crippen MR) is 108 cm³/mol. The number of carbonyl (C=O) groups is 2. The van der Waals surface area contributed by atoms with E-state index in [1.54, 1.807) is 13.2 Å². The quantitative estimate of drug-likeness (QED) is 0.735. The molecule has 0 bridgehead atoms. The highest BCUT2D eigenvalue weighted by Crippen LogP contribution is 2.39. The Morgan fingerprint density at radius 1 is 1.19 bits per heavy atom. The molecule has 0 saturated heterocycles. The lowest BCUT2D eigenvalue weighted by Gasteiger charge is -2.32. The number of methoxy groups -OCH3 is 1. The van der Waals surface area contributed by atoms with Crippen LogP contribution in [-0.2, 0) is 16.1 Å². The molecule has 5 rings (SSSR count). The molecule has 1 aliphatic carbocycles. The van der Waals surface area contributed by atoms with Crippen LogP contribution in [0.4, 0.5) is 4.79 Å². The lowest BCUT2D eigenvalue weighted by Crippen LogP contribution is -2.47. The molecule has 0 unspecified atom stereocenters. The van der Waals surface area contributed by atoms with Crippen LogP contribution in [-0.4, -0.2) is 40.8 Å². The van der Waals surface area contributed by atoms with E-state index in [-0.39, 0.29) is 19.2 Å². The number of aromatic nitrogens is 2. The summed E-state index contributed by atoms with van der Waals surface area (Å²) in [7, 11) is 1.55. The van der Waals surface area contributed by atoms with Crippen LogP contribution in [0.1, 0.15) is 61.3 Å². The van der Waals surface area contributed by atoms with Crippen molar-refractivity contribution in [1.82, 2.24) is 20.4 Å². The van der Waals surface area contributed by atoms with Gasteiger partial charge < -0.3 is 19.3 Å². The average molecular weight is 424 g/mol. The highest BCUT2D eigenvalue weighted by atomic mass is 16.5. The molecule has 0 spiro atoms. The Morgan fingerprint density at radius 3 is 2.81 bits per heavy atom. The maximum Gasteiger partial charge on any atom is 0.338 e. The number of hydrogen-bond acceptors (Lipinski definition) is 7. The topological polar surface area (TPSA) is 107 Å². The zero-order valence-corrected chi connectivity index (χ0v) is 17.3. The van der Waals surface area contributed by atoms with E-state index in [1.807, 2.05) is 18.2 Å². The zero-order chi connectivity index (χ0) is 21.4. The summed E-state index contributed by atoms with van der Waals surface area (Å²) in [5, 5.41) is 7.05. The third-order valence-corrected chi connectivity index (χ3v) is 6.20. The van der Waals surface area contributed by atoms with E-state index in [0.717, 1.165) is 12.8 Å². The molecule has 9 heteroatoms. The van der Waals surface area contributed by atoms with Gasteiger partial charge in [-0.3, -0.25) is 4.90 Å². The first-order chi connectivity index (χ1) is 15.2. The number of carbonyl (C=O) groups excluding carboxylic acids is 2. The molecule has 1 aromatic carbocycles. The van der Waals surface area contributed by atoms with Gasteiger partial charge in [-0.05, 0) is 18.9 Å². The maximum atomic E-state index is 13.0. The van der Waals surface area contributed by atoms with Gasteiger partial charge in [0.25, 0.3) is 0 Å². The highest BCUT2D eigenvalue weighted by molar-refractivity contribution is 5.97. The number of esters is 1. The number of hydrogen-bond donors (Lipinski definition) is 1. The molecule has 1 atom stereocenters. The van der Waals surface area contributed by atoms with Gasteiger partial charge in [-0.15, -0.1) is 0 Å². The zero-order valence-electron chi connectivity index (χ0n) is 17.3. The minimum atomic E-state index is -0.648. The van der Waals surface area contributed by atoms with Gasteiger partial charge in [0.15, 0.2) is 5.82 Å². The Balaban J connectivity index is 1.44. The van der Waals surface area contributed by atoms with Crippen molar-refractivity contribution in [3.63, 3.8) is 0 Å². The van der Waals surface area contributed by atoms with Gasteiger partial charge >= 0.3 is 12.0 Å². The van der Waals surface area contributed by atoms with Crippen LogP contribution in [0.3, 0.4) is 0 Å². The lowest BCUT2D eigenvalue weighted by molar-refractivity contribution is -0.136. The Kier molecular flexibility index (Phi) is 5.09. The third kappa shape index (κ3) is 3.54. The van der Waals surface area contributed by atoms with Crippen molar-refractivity contribution in [1.29, 1.82) is 0 Å². The van der Waals surface area contributed by atoms with Crippen LogP contribution in [0, 0.1) is 0 Å². The highest BCUT2D eigenvalue weighted by Gasteiger charge is 2.43. The number of cyclic esters (lactones) is 1. The van der Waals surface area contributed by atoms with Crippen molar-refractivity contribution in [3.05, 3.63) is 52.8 Å². The van der Waals surface area contributed by atoms with Crippen LogP contribution < -0.4 is 10.1 Å². The molecule has 2 amide bonds. The molecule has 162 valence electrons. The molecule has 1 N–H and O–H groups in total. The third-order valence-electron chi connectivity index (χ3n) is 6.20. The van der Waals surface area contributed by atoms with Crippen LogP contribution in [0.25, 0.3) is 0 Å². The SMILES string of the molecule is COc1ccccc1[C@@H]1NC(=O)N(Cc2nc(C3CCCCC3)no2)C2=C1C(=O)OC2. The summed E-state index contributed by atoms with van der Waals surface area (Å²) in [4.78, 5) is 31.6. The molecule has 9 nitrogen and oxygen atoms in total. The van der Waals surface area contributed by atoms with E-state index in [0.29, 0.717) is 40.2 Å². The van der Waals surface area contributed by atoms with Crippen molar-refractivity contribution < 1.29 is 23.6 Å². The van der Waals surface area contributed by atoms with Crippen LogP contribution in [0.5, 0.6) is 5.75 Å². The molecule has 3 heterocycles. The average Bonchev–Trinajstić information content (AvgIpc) is 3.43. The van der Waals surface area contributed by atoms with Crippen LogP contribution >= 0.6 is 0 Å². The molecule has 0 radical (unpaired) electrons. The van der Waals surface area contributed by atoms with Crippen molar-refractivity contribution in [2.45, 2.75) is 50.6 Å². The van der Waals surface area contributed by atoms with Crippen LogP contribution in [0.15, 0.2) is 40.1 Å². The molecule has 2 aromatic rings. The number of urea groups is 1. The second kappa shape index (κ2) is 8.05. The minimum absolute atomic E-state index is 0.0247. The number of rotatable bonds is 5. The summed E-state index contributed by atoms with van der Waals surface area (Å²) in [5.41, 5.74) is 1.61. The van der Waals surface area contributed by atoms with E-state index in [9.17, 15) is 9.59 Å². The first-order valence-electron chi connectivity index (χ1n) is 10.6. The maximum absolute atomic E-state index is 13.0. The summed E-state index contributed by atoms with van der Waals surface area (Å²) >= 11 is 0. The second-order valence-electron chi connectivity index (χ2n) is 8.03. The first-order valence-corrected chi connectivity index (χ1v) is 10.6. The number of para-hydroxylation sites is 1. The van der Waals surface area contributed by atoms with Gasteiger partial charge in [-0.2, -0.15) is 4.98 Å². The van der Waals surface area contributed by atoms with Gasteiger partial charge in [0, 0.05) is 11.5 Å². The summed E-state index contributed by atoms with van der Waals surface area (Å²) < 4.78 is 16.2. The fourth-order valence-corrected chi connectivity index (χ4v) is 4.61. The normalized spacial score (nSPS) is 21.7. The monoisotopic (exact) mass is 424 g/mol. The summed E-state index contributed by atoms with van der Waals surface area (Å²) in [6.07, 6.45) is 5.70. The van der Waals surface area contributed by atoms with Gasteiger partial charge in [0.05, 0.1) is 24.4 Å². The molecule has 1 saturated carbocycles. The van der Waals surface area contributed by atoms with E-state index >= 15 is 0 Å². The largest absolute Gasteiger partial charge is 0.496 e. The summed E-state index contributed by atoms with van der Waals surface area (Å²) in [5.74, 6) is 1.48. The standard InChI is InChI=1S/C22H24N4O5/c1-29-16-10-6-5-9-14(16)19-18-15(12-30-21(18)27)26(22(28)24-19)11-17-23-20(25-31-17)13-7-3-2-4-8-13/h5-6,9-10,13,19H,2-4,7-8,11-12H2,1H3,(H,24,28)/t19-/m0/s1. The molecule has 31 heavy (non-hydrogen) atoms. The summed E-state index contributed by atoms with van der Waals surface area (Å²) in [6.45, 7) is 0.108. The number of nitrogens with one attached hydrogen (secondary N) is 1. The Hall–Kier alpha value is -3.36. The second-order valence-corrected chi connectivity index (χ2v) is 8.03. The molecule has 1 fully saturated rings. The van der Waals surface area contributed by atoms with Crippen molar-refractivity contribution in [2.24, 2.45) is 0 Å². The smallest absolute Gasteiger partial charge is 0.338 e. The van der Waals surface area contributed by atoms with Crippen molar-refractivity contribution in [2.75, 3.05) is 13.7 Å². The summed E-state index contributed by atoms with van der Waals surface area (Å²) in [6, 6.07) is 6.28. The van der Waals surface area contributed by atoms with Gasteiger partial charge in [-0.1, -0.05) is 42.6 Å². The Morgan fingerprint density at radius 2 is 2.00 bits per heavy atom. The molecular weight excluding hydrogens is 400 g/mol. The van der Waals surface area contributed by atoms with E-state index in [2.05, 4.69) is 15.5 Å². The number of amides is 2. The molecule has 2 aliphatic heterocycles. The van der Waals surface area contributed by atoms with E-state index < -0.39 is 12.0 Å². The van der Waals surface area contributed by atoms with Gasteiger partial charge in [0.2, 0.25) is 5.89 Å². The fraction of sp³-hybridized carbons (Fsp3) is 0.455. The van der Waals surface area contributed by atoms with Gasteiger partial charge in [0.1, 0.15) is 18.9 Å². The Bertz CT molecular complexity index is 1040. The molecular formula is C22H24N4O5. The van der Waals surface area contributed by atoms with Gasteiger partial charge in [-0.25, -0.2) is 9.59 Å². The first kappa shape index (κ1) is 19.6. The van der Waals surface area contributed by atoms with Crippen molar-refractivity contribution in [3.8, 4) is 5.75 Å². The fourth-order valence-electron chi connectivity index (χ4n) is 4.61. The molecule has 1 aromatic heterocycles. The van der Waals surface area contributed by atoms with E-state index in [4.69, 9.17) is 14.0 Å².